The number of pyridine rings is 1. The molecule has 1 atom stereocenters. The summed E-state index contributed by atoms with van der Waals surface area (Å²) in [5, 5.41) is 0. The number of aromatic nitrogens is 1. The van der Waals surface area contributed by atoms with Crippen molar-refractivity contribution in [3.8, 4) is 0 Å². The number of hydrogen-bond donors (Lipinski definition) is 2. The summed E-state index contributed by atoms with van der Waals surface area (Å²) in [6, 6.07) is 6.11. The summed E-state index contributed by atoms with van der Waals surface area (Å²) in [6.07, 6.45) is 2.49. The molecule has 0 radical (unpaired) electrons. The minimum absolute atomic E-state index is 0.344. The number of likely N-dealkylation sites (tertiary alicyclic amines) is 1. The molecule has 0 bridgehead atoms. The molecule has 0 spiro atoms. The highest BCUT2D eigenvalue weighted by molar-refractivity contribution is 5.91. The SMILES string of the molecule is CC(C)C1CCCN1Cc1cccc(C(=O)NN)n1. The third kappa shape index (κ3) is 3.30. The van der Waals surface area contributed by atoms with Gasteiger partial charge in [0.1, 0.15) is 5.69 Å². The molecule has 1 aromatic rings. The first kappa shape index (κ1) is 14.0. The lowest BCUT2D eigenvalue weighted by Gasteiger charge is -2.27. The topological polar surface area (TPSA) is 71.2 Å². The van der Waals surface area contributed by atoms with E-state index < -0.39 is 0 Å². The molecule has 0 aromatic carbocycles. The number of nitrogen functional groups attached to an aromatic ring is 1. The van der Waals surface area contributed by atoms with E-state index in [0.717, 1.165) is 18.8 Å². The highest BCUT2D eigenvalue weighted by Gasteiger charge is 2.27. The average Bonchev–Trinajstić information content (AvgIpc) is 2.86. The van der Waals surface area contributed by atoms with E-state index in [2.05, 4.69) is 29.2 Å². The van der Waals surface area contributed by atoms with Gasteiger partial charge in [0.2, 0.25) is 0 Å². The van der Waals surface area contributed by atoms with Gasteiger partial charge >= 0.3 is 0 Å². The van der Waals surface area contributed by atoms with Crippen LogP contribution in [0.1, 0.15) is 42.9 Å². The van der Waals surface area contributed by atoms with Crippen molar-refractivity contribution in [2.75, 3.05) is 6.54 Å². The molecule has 1 amide bonds. The highest BCUT2D eigenvalue weighted by Crippen LogP contribution is 2.25. The number of nitrogens with one attached hydrogen (secondary N) is 1. The van der Waals surface area contributed by atoms with Crippen molar-refractivity contribution in [2.45, 2.75) is 39.3 Å². The van der Waals surface area contributed by atoms with Gasteiger partial charge in [-0.2, -0.15) is 0 Å². The van der Waals surface area contributed by atoms with Crippen molar-refractivity contribution >= 4 is 5.91 Å². The van der Waals surface area contributed by atoms with Gasteiger partial charge in [0.15, 0.2) is 0 Å². The Hall–Kier alpha value is -1.46. The Bertz CT molecular complexity index is 447. The summed E-state index contributed by atoms with van der Waals surface area (Å²) in [5.74, 6) is 5.44. The third-order valence-electron chi connectivity index (χ3n) is 3.72. The van der Waals surface area contributed by atoms with Crippen LogP contribution in [0.25, 0.3) is 0 Å². The quantitative estimate of drug-likeness (QED) is 0.487. The average molecular weight is 262 g/mol. The number of nitrogens with two attached hydrogens (primary N) is 1. The number of hydrazine groups is 1. The second-order valence-electron chi connectivity index (χ2n) is 5.41. The standard InChI is InChI=1S/C14H22N4O/c1-10(2)13-7-4-8-18(13)9-11-5-3-6-12(16-11)14(19)17-15/h3,5-6,10,13H,4,7-9,15H2,1-2H3,(H,17,19). The van der Waals surface area contributed by atoms with Crippen LogP contribution in [-0.4, -0.2) is 28.4 Å². The molecular weight excluding hydrogens is 240 g/mol. The van der Waals surface area contributed by atoms with Gasteiger partial charge in [0, 0.05) is 12.6 Å². The number of carbonyl (C=O) groups is 1. The Morgan fingerprint density at radius 1 is 1.58 bits per heavy atom. The van der Waals surface area contributed by atoms with Gasteiger partial charge in [-0.05, 0) is 37.4 Å². The molecule has 3 N–H and O–H groups in total. The Kier molecular flexibility index (Phi) is 4.50. The maximum atomic E-state index is 11.5. The lowest BCUT2D eigenvalue weighted by molar-refractivity contribution is 0.0948. The fourth-order valence-corrected chi connectivity index (χ4v) is 2.78. The Labute approximate surface area is 114 Å². The third-order valence-corrected chi connectivity index (χ3v) is 3.72. The normalized spacial score (nSPS) is 19.9. The van der Waals surface area contributed by atoms with Crippen LogP contribution in [0.5, 0.6) is 0 Å². The van der Waals surface area contributed by atoms with Crippen LogP contribution in [-0.2, 0) is 6.54 Å². The van der Waals surface area contributed by atoms with E-state index in [1.807, 2.05) is 12.1 Å². The molecule has 2 heterocycles. The fraction of sp³-hybridized carbons (Fsp3) is 0.571. The monoisotopic (exact) mass is 262 g/mol. The lowest BCUT2D eigenvalue weighted by atomic mass is 10.0. The largest absolute Gasteiger partial charge is 0.294 e. The fourth-order valence-electron chi connectivity index (χ4n) is 2.78. The minimum atomic E-state index is -0.344. The van der Waals surface area contributed by atoms with Crippen molar-refractivity contribution in [3.63, 3.8) is 0 Å². The maximum Gasteiger partial charge on any atom is 0.283 e. The zero-order chi connectivity index (χ0) is 13.8. The Morgan fingerprint density at radius 2 is 2.37 bits per heavy atom. The van der Waals surface area contributed by atoms with Crippen LogP contribution in [0, 0.1) is 5.92 Å². The second kappa shape index (κ2) is 6.12. The first-order chi connectivity index (χ1) is 9.11. The minimum Gasteiger partial charge on any atom is -0.294 e. The van der Waals surface area contributed by atoms with Crippen LogP contribution in [0.2, 0.25) is 0 Å². The Morgan fingerprint density at radius 3 is 3.05 bits per heavy atom. The van der Waals surface area contributed by atoms with E-state index in [-0.39, 0.29) is 5.91 Å². The Balaban J connectivity index is 2.08. The molecule has 5 nitrogen and oxygen atoms in total. The summed E-state index contributed by atoms with van der Waals surface area (Å²) in [5.41, 5.74) is 3.41. The van der Waals surface area contributed by atoms with E-state index in [1.165, 1.54) is 12.8 Å². The van der Waals surface area contributed by atoms with E-state index in [4.69, 9.17) is 5.84 Å². The van der Waals surface area contributed by atoms with E-state index in [9.17, 15) is 4.79 Å². The first-order valence-electron chi connectivity index (χ1n) is 6.82. The molecule has 0 saturated carbocycles. The molecule has 1 unspecified atom stereocenters. The number of nitrogens with zero attached hydrogens (tertiary/aromatic N) is 2. The number of hydrogen-bond acceptors (Lipinski definition) is 4. The van der Waals surface area contributed by atoms with Gasteiger partial charge < -0.3 is 0 Å². The van der Waals surface area contributed by atoms with Gasteiger partial charge in [-0.25, -0.2) is 10.8 Å². The predicted molar refractivity (Wildman–Crippen MR) is 74.2 cm³/mol. The maximum absolute atomic E-state index is 11.5. The van der Waals surface area contributed by atoms with Crippen LogP contribution in [0.15, 0.2) is 18.2 Å². The van der Waals surface area contributed by atoms with Crippen molar-refractivity contribution < 1.29 is 4.79 Å². The molecular formula is C14H22N4O. The second-order valence-corrected chi connectivity index (χ2v) is 5.41. The van der Waals surface area contributed by atoms with Crippen LogP contribution in [0.4, 0.5) is 0 Å². The van der Waals surface area contributed by atoms with Crippen molar-refractivity contribution in [1.82, 2.24) is 15.3 Å². The molecule has 5 heteroatoms. The zero-order valence-corrected chi connectivity index (χ0v) is 11.6. The van der Waals surface area contributed by atoms with Crippen molar-refractivity contribution in [2.24, 2.45) is 11.8 Å². The van der Waals surface area contributed by atoms with Crippen LogP contribution in [0.3, 0.4) is 0 Å². The molecule has 1 aromatic heterocycles. The summed E-state index contributed by atoms with van der Waals surface area (Å²) in [7, 11) is 0. The highest BCUT2D eigenvalue weighted by atomic mass is 16.2. The molecule has 1 aliphatic rings. The van der Waals surface area contributed by atoms with Gasteiger partial charge in [-0.1, -0.05) is 19.9 Å². The summed E-state index contributed by atoms with van der Waals surface area (Å²) in [6.45, 7) is 6.43. The van der Waals surface area contributed by atoms with Gasteiger partial charge in [-0.15, -0.1) is 0 Å². The van der Waals surface area contributed by atoms with E-state index in [1.54, 1.807) is 6.07 Å². The zero-order valence-electron chi connectivity index (χ0n) is 11.6. The van der Waals surface area contributed by atoms with Crippen LogP contribution >= 0.6 is 0 Å². The molecule has 1 fully saturated rings. The van der Waals surface area contributed by atoms with E-state index in [0.29, 0.717) is 17.7 Å². The number of amides is 1. The van der Waals surface area contributed by atoms with Crippen molar-refractivity contribution in [1.29, 1.82) is 0 Å². The van der Waals surface area contributed by atoms with Crippen molar-refractivity contribution in [3.05, 3.63) is 29.6 Å². The predicted octanol–water partition coefficient (Wildman–Crippen LogP) is 1.31. The molecule has 19 heavy (non-hydrogen) atoms. The number of rotatable bonds is 4. The van der Waals surface area contributed by atoms with Gasteiger partial charge in [0.25, 0.3) is 5.91 Å². The van der Waals surface area contributed by atoms with E-state index >= 15 is 0 Å². The first-order valence-corrected chi connectivity index (χ1v) is 6.82. The molecule has 2 rings (SSSR count). The molecule has 0 aliphatic carbocycles. The molecule has 1 saturated heterocycles. The molecule has 104 valence electrons. The summed E-state index contributed by atoms with van der Waals surface area (Å²) >= 11 is 0. The van der Waals surface area contributed by atoms with Crippen LogP contribution < -0.4 is 11.3 Å². The number of carbonyl (C=O) groups excluding carboxylic acids is 1. The summed E-state index contributed by atoms with van der Waals surface area (Å²) in [4.78, 5) is 18.3. The summed E-state index contributed by atoms with van der Waals surface area (Å²) < 4.78 is 0. The van der Waals surface area contributed by atoms with Gasteiger partial charge in [-0.3, -0.25) is 15.1 Å². The molecule has 1 aliphatic heterocycles. The van der Waals surface area contributed by atoms with Gasteiger partial charge in [0.05, 0.1) is 5.69 Å². The smallest absolute Gasteiger partial charge is 0.283 e. The lowest BCUT2D eigenvalue weighted by Crippen LogP contribution is -2.34.